The van der Waals surface area contributed by atoms with E-state index in [-0.39, 0.29) is 12.2 Å². The molecule has 14 heavy (non-hydrogen) atoms. The summed E-state index contributed by atoms with van der Waals surface area (Å²) in [5.74, 6) is 2.05. The van der Waals surface area contributed by atoms with Gasteiger partial charge in [-0.05, 0) is 24.1 Å². The van der Waals surface area contributed by atoms with Gasteiger partial charge < -0.3 is 5.11 Å². The van der Waals surface area contributed by atoms with Gasteiger partial charge in [0.25, 0.3) is 0 Å². The fourth-order valence-electron chi connectivity index (χ4n) is 1.38. The van der Waals surface area contributed by atoms with Gasteiger partial charge in [-0.25, -0.2) is 4.39 Å². The lowest BCUT2D eigenvalue weighted by atomic mass is 9.88. The molecule has 74 valence electrons. The van der Waals surface area contributed by atoms with E-state index in [1.54, 1.807) is 12.1 Å². The molecule has 0 fully saturated rings. The highest BCUT2D eigenvalue weighted by Gasteiger charge is 2.26. The van der Waals surface area contributed by atoms with Gasteiger partial charge in [-0.2, -0.15) is 0 Å². The first kappa shape index (κ1) is 10.7. The van der Waals surface area contributed by atoms with Gasteiger partial charge in [0.05, 0.1) is 0 Å². The molecule has 0 heterocycles. The van der Waals surface area contributed by atoms with Crippen LogP contribution in [0.25, 0.3) is 0 Å². The molecule has 0 saturated heterocycles. The molecular weight excluding hydrogens is 179 g/mol. The van der Waals surface area contributed by atoms with Gasteiger partial charge in [0.2, 0.25) is 0 Å². The fraction of sp³-hybridized carbons (Fsp3) is 0.333. The van der Waals surface area contributed by atoms with Gasteiger partial charge in [0, 0.05) is 6.42 Å². The molecule has 0 aliphatic heterocycles. The Labute approximate surface area is 83.6 Å². The Bertz CT molecular complexity index is 354. The predicted octanol–water partition coefficient (Wildman–Crippen LogP) is 2.45. The molecule has 0 amide bonds. The summed E-state index contributed by atoms with van der Waals surface area (Å²) in [6, 6.07) is 5.92. The molecule has 1 aromatic carbocycles. The molecule has 2 heteroatoms. The summed E-state index contributed by atoms with van der Waals surface area (Å²) < 4.78 is 12.9. The molecule has 1 rings (SSSR count). The molecule has 1 unspecified atom stereocenters. The fourth-order valence-corrected chi connectivity index (χ4v) is 1.38. The monoisotopic (exact) mass is 192 g/mol. The van der Waals surface area contributed by atoms with Crippen LogP contribution in [0, 0.1) is 18.2 Å². The van der Waals surface area contributed by atoms with Crippen LogP contribution >= 0.6 is 0 Å². The van der Waals surface area contributed by atoms with E-state index in [9.17, 15) is 9.50 Å². The van der Waals surface area contributed by atoms with Crippen LogP contribution in [0.5, 0.6) is 0 Å². The second-order valence-corrected chi connectivity index (χ2v) is 3.28. The van der Waals surface area contributed by atoms with Crippen molar-refractivity contribution in [3.8, 4) is 12.3 Å². The van der Waals surface area contributed by atoms with Gasteiger partial charge >= 0.3 is 0 Å². The summed E-state index contributed by atoms with van der Waals surface area (Å²) in [6.07, 6.45) is 5.84. The van der Waals surface area contributed by atoms with Crippen LogP contribution in [0.1, 0.15) is 25.3 Å². The summed E-state index contributed by atoms with van der Waals surface area (Å²) in [4.78, 5) is 0. The van der Waals surface area contributed by atoms with Crippen molar-refractivity contribution in [2.45, 2.75) is 25.4 Å². The van der Waals surface area contributed by atoms with Crippen LogP contribution in [-0.2, 0) is 5.60 Å². The first-order valence-corrected chi connectivity index (χ1v) is 4.54. The normalized spacial score (nSPS) is 14.4. The molecule has 1 atom stereocenters. The quantitative estimate of drug-likeness (QED) is 0.729. The van der Waals surface area contributed by atoms with Crippen LogP contribution in [0.15, 0.2) is 24.3 Å². The Morgan fingerprint density at radius 1 is 1.57 bits per heavy atom. The van der Waals surface area contributed by atoms with Gasteiger partial charge in [0.15, 0.2) is 0 Å². The van der Waals surface area contributed by atoms with Crippen LogP contribution < -0.4 is 0 Å². The third-order valence-electron chi connectivity index (χ3n) is 2.34. The van der Waals surface area contributed by atoms with Gasteiger partial charge in [-0.1, -0.05) is 19.1 Å². The lowest BCUT2D eigenvalue weighted by Gasteiger charge is -2.24. The number of benzene rings is 1. The third-order valence-corrected chi connectivity index (χ3v) is 2.34. The zero-order valence-electron chi connectivity index (χ0n) is 8.13. The van der Waals surface area contributed by atoms with E-state index in [1.165, 1.54) is 12.1 Å². The second kappa shape index (κ2) is 4.26. The molecule has 1 nitrogen and oxygen atoms in total. The summed E-state index contributed by atoms with van der Waals surface area (Å²) in [6.45, 7) is 1.82. The molecule has 1 N–H and O–H groups in total. The number of aliphatic hydroxyl groups is 1. The van der Waals surface area contributed by atoms with E-state index < -0.39 is 5.60 Å². The second-order valence-electron chi connectivity index (χ2n) is 3.28. The van der Waals surface area contributed by atoms with E-state index >= 15 is 0 Å². The number of terminal acetylenes is 1. The molecule has 0 radical (unpaired) electrons. The van der Waals surface area contributed by atoms with Crippen molar-refractivity contribution in [2.24, 2.45) is 0 Å². The molecule has 0 aliphatic rings. The molecule has 0 bridgehead atoms. The van der Waals surface area contributed by atoms with Gasteiger partial charge in [-0.3, -0.25) is 0 Å². The molecule has 0 saturated carbocycles. The predicted molar refractivity (Wildman–Crippen MR) is 54.0 cm³/mol. The van der Waals surface area contributed by atoms with Crippen molar-refractivity contribution in [2.75, 3.05) is 0 Å². The van der Waals surface area contributed by atoms with E-state index in [0.29, 0.717) is 12.0 Å². The number of hydrogen-bond acceptors (Lipinski definition) is 1. The van der Waals surface area contributed by atoms with E-state index in [1.807, 2.05) is 6.92 Å². The number of halogens is 1. The Balaban J connectivity index is 3.07. The Morgan fingerprint density at radius 3 is 2.79 bits per heavy atom. The molecule has 1 aromatic rings. The average molecular weight is 192 g/mol. The first-order chi connectivity index (χ1) is 6.62. The van der Waals surface area contributed by atoms with E-state index in [0.717, 1.165) is 0 Å². The summed E-state index contributed by atoms with van der Waals surface area (Å²) in [7, 11) is 0. The smallest absolute Gasteiger partial charge is 0.123 e. The molecule has 0 aromatic heterocycles. The average Bonchev–Trinajstić information content (AvgIpc) is 2.18. The maximum atomic E-state index is 12.9. The molecule has 0 aliphatic carbocycles. The zero-order valence-corrected chi connectivity index (χ0v) is 8.13. The van der Waals surface area contributed by atoms with Crippen molar-refractivity contribution < 1.29 is 9.50 Å². The van der Waals surface area contributed by atoms with Crippen LogP contribution in [0.2, 0.25) is 0 Å². The SMILES string of the molecule is C#CCC(O)(CC)c1cccc(F)c1. The van der Waals surface area contributed by atoms with Gasteiger partial charge in [0.1, 0.15) is 11.4 Å². The highest BCUT2D eigenvalue weighted by atomic mass is 19.1. The standard InChI is InChI=1S/C12H13FO/c1-3-8-12(14,4-2)10-6-5-7-11(13)9-10/h1,5-7,9,14H,4,8H2,2H3. The lowest BCUT2D eigenvalue weighted by molar-refractivity contribution is 0.0375. The van der Waals surface area contributed by atoms with Crippen molar-refractivity contribution >= 4 is 0 Å². The minimum absolute atomic E-state index is 0.201. The van der Waals surface area contributed by atoms with Crippen molar-refractivity contribution in [3.05, 3.63) is 35.6 Å². The largest absolute Gasteiger partial charge is 0.384 e. The Morgan fingerprint density at radius 2 is 2.29 bits per heavy atom. The minimum Gasteiger partial charge on any atom is -0.384 e. The van der Waals surface area contributed by atoms with Crippen molar-refractivity contribution in [1.82, 2.24) is 0 Å². The zero-order chi connectivity index (χ0) is 10.6. The maximum absolute atomic E-state index is 12.9. The van der Waals surface area contributed by atoms with Gasteiger partial charge in [-0.15, -0.1) is 12.3 Å². The highest BCUT2D eigenvalue weighted by molar-refractivity contribution is 5.24. The minimum atomic E-state index is -1.10. The van der Waals surface area contributed by atoms with E-state index in [2.05, 4.69) is 5.92 Å². The Hall–Kier alpha value is -1.33. The van der Waals surface area contributed by atoms with Crippen LogP contribution in [0.4, 0.5) is 4.39 Å². The number of hydrogen-bond donors (Lipinski definition) is 1. The lowest BCUT2D eigenvalue weighted by Crippen LogP contribution is -2.24. The number of rotatable bonds is 3. The Kier molecular flexibility index (Phi) is 3.27. The summed E-state index contributed by atoms with van der Waals surface area (Å²) >= 11 is 0. The maximum Gasteiger partial charge on any atom is 0.123 e. The highest BCUT2D eigenvalue weighted by Crippen LogP contribution is 2.28. The van der Waals surface area contributed by atoms with Crippen LogP contribution in [0.3, 0.4) is 0 Å². The van der Waals surface area contributed by atoms with Crippen molar-refractivity contribution in [1.29, 1.82) is 0 Å². The summed E-state index contributed by atoms with van der Waals surface area (Å²) in [5, 5.41) is 10.1. The summed E-state index contributed by atoms with van der Waals surface area (Å²) in [5.41, 5.74) is -0.561. The molecular formula is C12H13FO. The topological polar surface area (TPSA) is 20.2 Å². The van der Waals surface area contributed by atoms with Crippen LogP contribution in [-0.4, -0.2) is 5.11 Å². The first-order valence-electron chi connectivity index (χ1n) is 4.54. The third kappa shape index (κ3) is 2.12. The van der Waals surface area contributed by atoms with E-state index in [4.69, 9.17) is 6.42 Å². The molecule has 0 spiro atoms. The van der Waals surface area contributed by atoms with Crippen molar-refractivity contribution in [3.63, 3.8) is 0 Å².